The van der Waals surface area contributed by atoms with Gasteiger partial charge in [-0.05, 0) is 68.6 Å². The van der Waals surface area contributed by atoms with Crippen LogP contribution < -0.4 is 0 Å². The van der Waals surface area contributed by atoms with Gasteiger partial charge in [0.05, 0.1) is 7.57 Å². The van der Waals surface area contributed by atoms with Crippen molar-refractivity contribution in [3.8, 4) is 0 Å². The lowest BCUT2D eigenvalue weighted by molar-refractivity contribution is 0.103. The lowest BCUT2D eigenvalue weighted by atomic mass is 10.0. The fraction of sp³-hybridized carbons (Fsp3) is 0.0833. The van der Waals surface area contributed by atoms with E-state index in [1.54, 1.807) is 0 Å². The van der Waals surface area contributed by atoms with Crippen LogP contribution in [0.15, 0.2) is 36.3 Å². The molecule has 1 nitrogen and oxygen atoms in total. The highest BCUT2D eigenvalue weighted by molar-refractivity contribution is 9.12. The lowest BCUT2D eigenvalue weighted by Gasteiger charge is -2.04. The first kappa shape index (κ1) is 13.5. The average molecular weight is 439 g/mol. The van der Waals surface area contributed by atoms with Crippen LogP contribution in [0.5, 0.6) is 0 Å². The first-order valence-electron chi connectivity index (χ1n) is 4.74. The first-order chi connectivity index (χ1) is 7.99. The molecule has 0 atom stereocenters. The molecule has 0 spiro atoms. The molecule has 1 heterocycles. The monoisotopic (exact) mass is 436 g/mol. The van der Waals surface area contributed by atoms with E-state index >= 15 is 0 Å². The van der Waals surface area contributed by atoms with Crippen molar-refractivity contribution in [2.45, 2.75) is 6.92 Å². The van der Waals surface area contributed by atoms with Crippen LogP contribution in [-0.4, -0.2) is 5.78 Å². The number of halogens is 3. The fourth-order valence-electron chi connectivity index (χ4n) is 1.52. The standard InChI is InChI=1S/C12H7Br3OS/c1-6-4-7(13)2-3-8(6)11(16)9-5-10(14)17-12(9)15/h2-5H,1H3. The maximum atomic E-state index is 12.4. The molecule has 0 aliphatic rings. The van der Waals surface area contributed by atoms with Gasteiger partial charge < -0.3 is 0 Å². The van der Waals surface area contributed by atoms with E-state index in [1.807, 2.05) is 31.2 Å². The van der Waals surface area contributed by atoms with Crippen LogP contribution in [0.1, 0.15) is 21.5 Å². The maximum absolute atomic E-state index is 12.4. The van der Waals surface area contributed by atoms with Crippen LogP contribution in [0.25, 0.3) is 0 Å². The molecular formula is C12H7Br3OS. The van der Waals surface area contributed by atoms with Crippen molar-refractivity contribution >= 4 is 64.9 Å². The number of aryl methyl sites for hydroxylation is 1. The summed E-state index contributed by atoms with van der Waals surface area (Å²) < 4.78 is 2.79. The summed E-state index contributed by atoms with van der Waals surface area (Å²) in [5.74, 6) is 0.0452. The Morgan fingerprint density at radius 2 is 1.82 bits per heavy atom. The van der Waals surface area contributed by atoms with E-state index in [2.05, 4.69) is 47.8 Å². The van der Waals surface area contributed by atoms with Crippen molar-refractivity contribution < 1.29 is 4.79 Å². The third kappa shape index (κ3) is 2.89. The summed E-state index contributed by atoms with van der Waals surface area (Å²) in [7, 11) is 0. The molecule has 0 aliphatic carbocycles. The minimum Gasteiger partial charge on any atom is -0.289 e. The smallest absolute Gasteiger partial charge is 0.195 e. The SMILES string of the molecule is Cc1cc(Br)ccc1C(=O)c1cc(Br)sc1Br. The molecule has 0 aliphatic heterocycles. The van der Waals surface area contributed by atoms with Gasteiger partial charge in [-0.3, -0.25) is 4.79 Å². The second kappa shape index (κ2) is 5.34. The van der Waals surface area contributed by atoms with Gasteiger partial charge in [-0.2, -0.15) is 0 Å². The van der Waals surface area contributed by atoms with E-state index in [0.717, 1.165) is 23.2 Å². The summed E-state index contributed by atoms with van der Waals surface area (Å²) in [6.45, 7) is 1.94. The Bertz CT molecular complexity index is 589. The first-order valence-corrected chi connectivity index (χ1v) is 7.94. The van der Waals surface area contributed by atoms with Crippen molar-refractivity contribution in [3.05, 3.63) is 53.0 Å². The molecule has 0 N–H and O–H groups in total. The van der Waals surface area contributed by atoms with Gasteiger partial charge in [-0.25, -0.2) is 0 Å². The van der Waals surface area contributed by atoms with Gasteiger partial charge in [0.1, 0.15) is 0 Å². The predicted octanol–water partition coefficient (Wildman–Crippen LogP) is 5.58. The Balaban J connectivity index is 2.47. The van der Waals surface area contributed by atoms with Crippen LogP contribution in [0.2, 0.25) is 0 Å². The highest BCUT2D eigenvalue weighted by atomic mass is 79.9. The van der Waals surface area contributed by atoms with Gasteiger partial charge in [-0.15, -0.1) is 11.3 Å². The number of hydrogen-bond donors (Lipinski definition) is 0. The van der Waals surface area contributed by atoms with Gasteiger partial charge in [0, 0.05) is 15.6 Å². The topological polar surface area (TPSA) is 17.1 Å². The normalized spacial score (nSPS) is 10.6. The third-order valence-electron chi connectivity index (χ3n) is 2.33. The largest absolute Gasteiger partial charge is 0.289 e. The summed E-state index contributed by atoms with van der Waals surface area (Å²) in [4.78, 5) is 12.4. The van der Waals surface area contributed by atoms with Gasteiger partial charge in [-0.1, -0.05) is 15.9 Å². The molecule has 0 radical (unpaired) electrons. The summed E-state index contributed by atoms with van der Waals surface area (Å²) in [5, 5.41) is 0. The molecule has 0 bridgehead atoms. The number of carbonyl (C=O) groups excluding carboxylic acids is 1. The highest BCUT2D eigenvalue weighted by Crippen LogP contribution is 2.33. The summed E-state index contributed by atoms with van der Waals surface area (Å²) in [5.41, 5.74) is 2.41. The molecule has 88 valence electrons. The molecule has 0 saturated heterocycles. The summed E-state index contributed by atoms with van der Waals surface area (Å²) >= 11 is 11.7. The van der Waals surface area contributed by atoms with Crippen molar-refractivity contribution in [1.29, 1.82) is 0 Å². The zero-order valence-electron chi connectivity index (χ0n) is 8.76. The molecule has 0 saturated carbocycles. The van der Waals surface area contributed by atoms with Crippen molar-refractivity contribution in [2.75, 3.05) is 0 Å². The second-order valence-electron chi connectivity index (χ2n) is 3.53. The van der Waals surface area contributed by atoms with Gasteiger partial charge in [0.25, 0.3) is 0 Å². The molecular weight excluding hydrogens is 432 g/mol. The van der Waals surface area contributed by atoms with E-state index < -0.39 is 0 Å². The molecule has 1 aromatic heterocycles. The highest BCUT2D eigenvalue weighted by Gasteiger charge is 2.17. The van der Waals surface area contributed by atoms with Crippen LogP contribution >= 0.6 is 59.1 Å². The molecule has 1 aromatic carbocycles. The number of ketones is 1. The Morgan fingerprint density at radius 1 is 1.12 bits per heavy atom. The number of hydrogen-bond acceptors (Lipinski definition) is 2. The van der Waals surface area contributed by atoms with Crippen LogP contribution in [0.3, 0.4) is 0 Å². The molecule has 0 amide bonds. The Kier molecular flexibility index (Phi) is 4.23. The minimum absolute atomic E-state index is 0.0452. The number of thiophene rings is 1. The molecule has 0 fully saturated rings. The summed E-state index contributed by atoms with van der Waals surface area (Å²) in [6.07, 6.45) is 0. The predicted molar refractivity (Wildman–Crippen MR) is 82.0 cm³/mol. The zero-order chi connectivity index (χ0) is 12.6. The van der Waals surface area contributed by atoms with Crippen molar-refractivity contribution in [2.24, 2.45) is 0 Å². The molecule has 17 heavy (non-hydrogen) atoms. The van der Waals surface area contributed by atoms with Crippen molar-refractivity contribution in [1.82, 2.24) is 0 Å². The zero-order valence-corrected chi connectivity index (χ0v) is 14.3. The third-order valence-corrected chi connectivity index (χ3v) is 5.17. The quantitative estimate of drug-likeness (QED) is 0.560. The Morgan fingerprint density at radius 3 is 2.35 bits per heavy atom. The lowest BCUT2D eigenvalue weighted by Crippen LogP contribution is -2.02. The Labute approximate surface area is 129 Å². The van der Waals surface area contributed by atoms with Gasteiger partial charge in [0.2, 0.25) is 0 Å². The van der Waals surface area contributed by atoms with E-state index in [4.69, 9.17) is 0 Å². The fourth-order valence-corrected chi connectivity index (χ4v) is 4.79. The van der Waals surface area contributed by atoms with E-state index in [1.165, 1.54) is 11.3 Å². The minimum atomic E-state index is 0.0452. The number of benzene rings is 1. The number of carbonyl (C=O) groups is 1. The average Bonchev–Trinajstić information content (AvgIpc) is 2.57. The second-order valence-corrected chi connectivity index (χ2v) is 8.19. The molecule has 5 heteroatoms. The molecule has 0 unspecified atom stereocenters. The molecule has 2 rings (SSSR count). The summed E-state index contributed by atoms with van der Waals surface area (Å²) in [6, 6.07) is 7.52. The van der Waals surface area contributed by atoms with Crippen LogP contribution in [0, 0.1) is 6.92 Å². The van der Waals surface area contributed by atoms with Crippen LogP contribution in [0.4, 0.5) is 0 Å². The van der Waals surface area contributed by atoms with Gasteiger partial charge >= 0.3 is 0 Å². The Hall–Kier alpha value is 0.0300. The van der Waals surface area contributed by atoms with E-state index in [0.29, 0.717) is 5.56 Å². The van der Waals surface area contributed by atoms with Gasteiger partial charge in [0.15, 0.2) is 5.78 Å². The van der Waals surface area contributed by atoms with E-state index in [-0.39, 0.29) is 5.78 Å². The van der Waals surface area contributed by atoms with Crippen LogP contribution in [-0.2, 0) is 0 Å². The number of rotatable bonds is 2. The van der Waals surface area contributed by atoms with Crippen molar-refractivity contribution in [3.63, 3.8) is 0 Å². The van der Waals surface area contributed by atoms with E-state index in [9.17, 15) is 4.79 Å². The maximum Gasteiger partial charge on any atom is 0.195 e. The molecule has 2 aromatic rings.